The maximum absolute atomic E-state index is 14.4. The normalized spacial score (nSPS) is 14.4. The molecule has 1 amide bonds. The Hall–Kier alpha value is -3.07. The summed E-state index contributed by atoms with van der Waals surface area (Å²) < 4.78 is 53.1. The van der Waals surface area contributed by atoms with Crippen molar-refractivity contribution in [1.82, 2.24) is 4.72 Å². The number of benzene rings is 2. The molecule has 1 saturated carbocycles. The first-order valence-electron chi connectivity index (χ1n) is 9.48. The minimum absolute atomic E-state index is 0.111. The van der Waals surface area contributed by atoms with Crippen LogP contribution in [0, 0.1) is 5.82 Å². The van der Waals surface area contributed by atoms with E-state index in [1.165, 1.54) is 18.2 Å². The van der Waals surface area contributed by atoms with Crippen molar-refractivity contribution in [2.24, 2.45) is 0 Å². The Morgan fingerprint density at radius 1 is 1.20 bits per heavy atom. The van der Waals surface area contributed by atoms with E-state index in [9.17, 15) is 17.6 Å². The van der Waals surface area contributed by atoms with Gasteiger partial charge >= 0.3 is 5.91 Å². The van der Waals surface area contributed by atoms with Crippen LogP contribution in [0.3, 0.4) is 0 Å². The van der Waals surface area contributed by atoms with Gasteiger partial charge in [0.2, 0.25) is 0 Å². The molecule has 0 spiro atoms. The third-order valence-corrected chi connectivity index (χ3v) is 6.40. The van der Waals surface area contributed by atoms with E-state index < -0.39 is 26.6 Å². The topological polar surface area (TPSA) is 88.9 Å². The Balaban J connectivity index is 1.62. The molecule has 4 rings (SSSR count). The van der Waals surface area contributed by atoms with Crippen molar-refractivity contribution >= 4 is 32.6 Å². The second-order valence-electron chi connectivity index (χ2n) is 7.40. The number of nitrogens with one attached hydrogen (secondary N) is 1. The number of sulfonamides is 1. The van der Waals surface area contributed by atoms with Gasteiger partial charge in [0.25, 0.3) is 10.0 Å². The summed E-state index contributed by atoms with van der Waals surface area (Å²) in [5.41, 5.74) is 1.30. The zero-order valence-electron chi connectivity index (χ0n) is 16.5. The van der Waals surface area contributed by atoms with E-state index in [2.05, 4.69) is 0 Å². The first-order chi connectivity index (χ1) is 14.2. The Labute approximate surface area is 173 Å². The van der Waals surface area contributed by atoms with Gasteiger partial charge in [-0.05, 0) is 49.6 Å². The number of hydrogen-bond acceptors (Lipinski definition) is 6. The zero-order chi connectivity index (χ0) is 21.5. The molecule has 0 unspecified atom stereocenters. The SMILES string of the molecule is CN(C)c1ccc2cc(C(=O)NS(=O)(=O)c3c(F)cccc3OC3CCC3)oc2c1. The molecule has 1 aliphatic rings. The van der Waals surface area contributed by atoms with Crippen LogP contribution in [0.1, 0.15) is 29.8 Å². The van der Waals surface area contributed by atoms with Crippen molar-refractivity contribution in [3.63, 3.8) is 0 Å². The number of amides is 1. The van der Waals surface area contributed by atoms with Crippen LogP contribution in [-0.2, 0) is 10.0 Å². The van der Waals surface area contributed by atoms with E-state index in [4.69, 9.17) is 9.15 Å². The highest BCUT2D eigenvalue weighted by Crippen LogP contribution is 2.32. The summed E-state index contributed by atoms with van der Waals surface area (Å²) >= 11 is 0. The number of anilines is 1. The fourth-order valence-corrected chi connectivity index (χ4v) is 4.30. The van der Waals surface area contributed by atoms with E-state index in [0.717, 1.165) is 31.0 Å². The van der Waals surface area contributed by atoms with E-state index in [0.29, 0.717) is 11.0 Å². The zero-order valence-corrected chi connectivity index (χ0v) is 17.3. The van der Waals surface area contributed by atoms with Crippen molar-refractivity contribution in [2.45, 2.75) is 30.3 Å². The van der Waals surface area contributed by atoms with Gasteiger partial charge < -0.3 is 14.1 Å². The average molecular weight is 432 g/mol. The molecule has 30 heavy (non-hydrogen) atoms. The summed E-state index contributed by atoms with van der Waals surface area (Å²) in [5.74, 6) is -2.29. The molecule has 3 aromatic rings. The van der Waals surface area contributed by atoms with Gasteiger partial charge in [-0.15, -0.1) is 0 Å². The molecule has 0 saturated heterocycles. The predicted molar refractivity (Wildman–Crippen MR) is 110 cm³/mol. The van der Waals surface area contributed by atoms with Crippen molar-refractivity contribution in [3.8, 4) is 5.75 Å². The molecular weight excluding hydrogens is 411 g/mol. The van der Waals surface area contributed by atoms with Crippen LogP contribution < -0.4 is 14.4 Å². The average Bonchev–Trinajstić information content (AvgIpc) is 3.07. The third-order valence-electron chi connectivity index (χ3n) is 5.02. The largest absolute Gasteiger partial charge is 0.489 e. The van der Waals surface area contributed by atoms with Crippen molar-refractivity contribution in [2.75, 3.05) is 19.0 Å². The van der Waals surface area contributed by atoms with Crippen LogP contribution >= 0.6 is 0 Å². The van der Waals surface area contributed by atoms with Crippen LogP contribution in [0.4, 0.5) is 10.1 Å². The number of carbonyl (C=O) groups excluding carboxylic acids is 1. The summed E-state index contributed by atoms with van der Waals surface area (Å²) in [6, 6.07) is 10.5. The molecule has 0 radical (unpaired) electrons. The Morgan fingerprint density at radius 3 is 2.63 bits per heavy atom. The van der Waals surface area contributed by atoms with Gasteiger partial charge in [0.15, 0.2) is 10.7 Å². The van der Waals surface area contributed by atoms with Crippen molar-refractivity contribution in [3.05, 3.63) is 54.0 Å². The molecule has 2 aromatic carbocycles. The van der Waals surface area contributed by atoms with Gasteiger partial charge in [0.1, 0.15) is 17.1 Å². The van der Waals surface area contributed by atoms with Gasteiger partial charge in [0.05, 0.1) is 6.10 Å². The summed E-state index contributed by atoms with van der Waals surface area (Å²) in [6.45, 7) is 0. The first kappa shape index (κ1) is 20.2. The summed E-state index contributed by atoms with van der Waals surface area (Å²) in [4.78, 5) is 13.8. The summed E-state index contributed by atoms with van der Waals surface area (Å²) in [7, 11) is -0.799. The highest BCUT2D eigenvalue weighted by molar-refractivity contribution is 7.90. The lowest BCUT2D eigenvalue weighted by Gasteiger charge is -2.27. The highest BCUT2D eigenvalue weighted by Gasteiger charge is 2.30. The molecule has 0 bridgehead atoms. The van der Waals surface area contributed by atoms with E-state index in [1.807, 2.05) is 29.8 Å². The Morgan fingerprint density at radius 2 is 1.97 bits per heavy atom. The lowest BCUT2D eigenvalue weighted by atomic mass is 9.96. The summed E-state index contributed by atoms with van der Waals surface area (Å²) in [6.07, 6.45) is 2.37. The van der Waals surface area contributed by atoms with Crippen molar-refractivity contribution in [1.29, 1.82) is 0 Å². The van der Waals surface area contributed by atoms with Crippen LogP contribution in [0.2, 0.25) is 0 Å². The number of carbonyl (C=O) groups is 1. The van der Waals surface area contributed by atoms with Crippen LogP contribution in [0.15, 0.2) is 51.8 Å². The lowest BCUT2D eigenvalue weighted by molar-refractivity contribution is 0.0956. The van der Waals surface area contributed by atoms with Crippen LogP contribution in [0.25, 0.3) is 11.0 Å². The number of halogens is 1. The fourth-order valence-electron chi connectivity index (χ4n) is 3.14. The quantitative estimate of drug-likeness (QED) is 0.639. The van der Waals surface area contributed by atoms with Crippen LogP contribution in [0.5, 0.6) is 5.75 Å². The number of rotatable bonds is 6. The molecule has 0 aliphatic heterocycles. The molecule has 1 fully saturated rings. The Kier molecular flexibility index (Phi) is 5.15. The molecule has 1 aromatic heterocycles. The molecular formula is C21H21FN2O5S. The molecule has 1 N–H and O–H groups in total. The number of furan rings is 1. The molecule has 7 nitrogen and oxygen atoms in total. The smallest absolute Gasteiger partial charge is 0.300 e. The van der Waals surface area contributed by atoms with E-state index in [-0.39, 0.29) is 17.6 Å². The van der Waals surface area contributed by atoms with Gasteiger partial charge in [-0.25, -0.2) is 17.5 Å². The molecule has 1 aliphatic carbocycles. The maximum atomic E-state index is 14.4. The van der Waals surface area contributed by atoms with Gasteiger partial charge in [-0.3, -0.25) is 4.79 Å². The Bertz CT molecular complexity index is 1220. The van der Waals surface area contributed by atoms with Gasteiger partial charge in [0, 0.05) is 31.2 Å². The summed E-state index contributed by atoms with van der Waals surface area (Å²) in [5, 5.41) is 0.642. The molecule has 158 valence electrons. The number of fused-ring (bicyclic) bond motifs is 1. The van der Waals surface area contributed by atoms with Gasteiger partial charge in [-0.1, -0.05) is 6.07 Å². The third kappa shape index (κ3) is 3.85. The monoisotopic (exact) mass is 432 g/mol. The lowest BCUT2D eigenvalue weighted by Crippen LogP contribution is -2.32. The fraction of sp³-hybridized carbons (Fsp3) is 0.286. The van der Waals surface area contributed by atoms with E-state index >= 15 is 0 Å². The van der Waals surface area contributed by atoms with Crippen LogP contribution in [-0.4, -0.2) is 34.5 Å². The highest BCUT2D eigenvalue weighted by atomic mass is 32.2. The standard InChI is InChI=1S/C21H21FN2O5S/c1-24(2)14-10-9-13-11-19(29-18(13)12-14)21(25)23-30(26,27)20-16(22)7-4-8-17(20)28-15-5-3-6-15/h4,7-12,15H,3,5-6H2,1-2H3,(H,23,25). The molecule has 0 atom stereocenters. The minimum atomic E-state index is -4.53. The number of hydrogen-bond donors (Lipinski definition) is 1. The molecule has 9 heteroatoms. The van der Waals surface area contributed by atoms with E-state index in [1.54, 1.807) is 12.1 Å². The second-order valence-corrected chi connectivity index (χ2v) is 9.02. The maximum Gasteiger partial charge on any atom is 0.300 e. The number of nitrogens with zero attached hydrogens (tertiary/aromatic N) is 1. The minimum Gasteiger partial charge on any atom is -0.489 e. The second kappa shape index (κ2) is 7.64. The number of ether oxygens (including phenoxy) is 1. The predicted octanol–water partition coefficient (Wildman–Crippen LogP) is 3.69. The van der Waals surface area contributed by atoms with Gasteiger partial charge in [-0.2, -0.15) is 0 Å². The van der Waals surface area contributed by atoms with Crippen molar-refractivity contribution < 1.29 is 26.8 Å². The molecule has 1 heterocycles. The first-order valence-corrected chi connectivity index (χ1v) is 11.0.